The van der Waals surface area contributed by atoms with Gasteiger partial charge in [-0.3, -0.25) is 14.9 Å². The second-order valence-corrected chi connectivity index (χ2v) is 5.90. The molecule has 0 fully saturated rings. The number of para-hydroxylation sites is 2. The van der Waals surface area contributed by atoms with Crippen molar-refractivity contribution in [2.75, 3.05) is 12.4 Å². The highest BCUT2D eigenvalue weighted by Crippen LogP contribution is 2.16. The number of imidazole rings is 1. The van der Waals surface area contributed by atoms with Crippen LogP contribution in [0, 0.1) is 0 Å². The van der Waals surface area contributed by atoms with E-state index in [-0.39, 0.29) is 11.8 Å². The first-order valence-corrected chi connectivity index (χ1v) is 8.21. The predicted molar refractivity (Wildman–Crippen MR) is 99.0 cm³/mol. The van der Waals surface area contributed by atoms with Crippen molar-refractivity contribution in [3.8, 4) is 5.75 Å². The largest absolute Gasteiger partial charge is 0.497 e. The number of H-pyrrole nitrogens is 1. The molecule has 0 radical (unpaired) electrons. The van der Waals surface area contributed by atoms with Gasteiger partial charge < -0.3 is 15.0 Å². The molecule has 3 aromatic rings. The SMILES string of the molecule is COc1cccc(C[C@@H](NC(C)=O)C(=O)Nc2nc3ccccc3[nH]2)c1. The lowest BCUT2D eigenvalue weighted by atomic mass is 10.0. The van der Waals surface area contributed by atoms with E-state index in [0.29, 0.717) is 18.1 Å². The highest BCUT2D eigenvalue weighted by Gasteiger charge is 2.21. The number of carbonyl (C=O) groups excluding carboxylic acids is 2. The molecule has 0 bridgehead atoms. The first kappa shape index (κ1) is 17.5. The molecule has 1 heterocycles. The number of benzene rings is 2. The van der Waals surface area contributed by atoms with Gasteiger partial charge in [0.2, 0.25) is 17.8 Å². The normalized spacial score (nSPS) is 11.8. The summed E-state index contributed by atoms with van der Waals surface area (Å²) in [5.41, 5.74) is 2.46. The highest BCUT2D eigenvalue weighted by atomic mass is 16.5. The second-order valence-electron chi connectivity index (χ2n) is 5.90. The number of rotatable bonds is 6. The maximum Gasteiger partial charge on any atom is 0.249 e. The Morgan fingerprint density at radius 1 is 1.19 bits per heavy atom. The van der Waals surface area contributed by atoms with E-state index in [9.17, 15) is 9.59 Å². The molecule has 0 saturated heterocycles. The van der Waals surface area contributed by atoms with Crippen molar-refractivity contribution >= 4 is 28.8 Å². The molecule has 2 amide bonds. The summed E-state index contributed by atoms with van der Waals surface area (Å²) in [5.74, 6) is 0.415. The molecule has 0 aliphatic rings. The Kier molecular flexibility index (Phi) is 5.17. The Labute approximate surface area is 150 Å². The Morgan fingerprint density at radius 3 is 2.73 bits per heavy atom. The summed E-state index contributed by atoms with van der Waals surface area (Å²) in [6.07, 6.45) is 0.336. The molecule has 2 aromatic carbocycles. The third-order valence-electron chi connectivity index (χ3n) is 3.90. The van der Waals surface area contributed by atoms with Gasteiger partial charge in [-0.15, -0.1) is 0 Å². The smallest absolute Gasteiger partial charge is 0.249 e. The van der Waals surface area contributed by atoms with Crippen molar-refractivity contribution in [2.24, 2.45) is 0 Å². The Balaban J connectivity index is 1.77. The fourth-order valence-electron chi connectivity index (χ4n) is 2.71. The van der Waals surface area contributed by atoms with Crippen LogP contribution in [0.2, 0.25) is 0 Å². The summed E-state index contributed by atoms with van der Waals surface area (Å²) in [7, 11) is 1.58. The van der Waals surface area contributed by atoms with Crippen LogP contribution in [-0.4, -0.2) is 34.9 Å². The van der Waals surface area contributed by atoms with Crippen LogP contribution in [0.5, 0.6) is 5.75 Å². The first-order valence-electron chi connectivity index (χ1n) is 8.21. The lowest BCUT2D eigenvalue weighted by Crippen LogP contribution is -2.44. The average molecular weight is 352 g/mol. The summed E-state index contributed by atoms with van der Waals surface area (Å²) in [6, 6.07) is 14.1. The van der Waals surface area contributed by atoms with Crippen molar-refractivity contribution in [3.05, 3.63) is 54.1 Å². The van der Waals surface area contributed by atoms with Crippen molar-refractivity contribution in [1.29, 1.82) is 0 Å². The number of aromatic nitrogens is 2. The van der Waals surface area contributed by atoms with Crippen LogP contribution in [0.25, 0.3) is 11.0 Å². The van der Waals surface area contributed by atoms with E-state index in [1.807, 2.05) is 48.5 Å². The van der Waals surface area contributed by atoms with Gasteiger partial charge in [-0.2, -0.15) is 0 Å². The maximum absolute atomic E-state index is 12.7. The van der Waals surface area contributed by atoms with Crippen LogP contribution in [0.1, 0.15) is 12.5 Å². The molecule has 134 valence electrons. The van der Waals surface area contributed by atoms with Gasteiger partial charge in [-0.05, 0) is 29.8 Å². The van der Waals surface area contributed by atoms with E-state index in [2.05, 4.69) is 20.6 Å². The summed E-state index contributed by atoms with van der Waals surface area (Å²) < 4.78 is 5.20. The quantitative estimate of drug-likeness (QED) is 0.634. The van der Waals surface area contributed by atoms with E-state index >= 15 is 0 Å². The molecular weight excluding hydrogens is 332 g/mol. The standard InChI is InChI=1S/C19H20N4O3/c1-12(24)20-17(11-13-6-5-7-14(10-13)26-2)18(25)23-19-21-15-8-3-4-9-16(15)22-19/h3-10,17H,11H2,1-2H3,(H,20,24)(H2,21,22,23,25)/t17-/m1/s1. The molecule has 0 aliphatic heterocycles. The number of methoxy groups -OCH3 is 1. The monoisotopic (exact) mass is 352 g/mol. The van der Waals surface area contributed by atoms with Gasteiger partial charge >= 0.3 is 0 Å². The number of ether oxygens (including phenoxy) is 1. The fourth-order valence-corrected chi connectivity index (χ4v) is 2.71. The van der Waals surface area contributed by atoms with Crippen molar-refractivity contribution in [1.82, 2.24) is 15.3 Å². The minimum absolute atomic E-state index is 0.280. The summed E-state index contributed by atoms with van der Waals surface area (Å²) in [4.78, 5) is 31.6. The molecule has 0 aliphatic carbocycles. The van der Waals surface area contributed by atoms with Gasteiger partial charge in [0.15, 0.2) is 0 Å². The van der Waals surface area contributed by atoms with Crippen LogP contribution in [0.4, 0.5) is 5.95 Å². The summed E-state index contributed by atoms with van der Waals surface area (Å²) in [6.45, 7) is 1.38. The van der Waals surface area contributed by atoms with Crippen LogP contribution < -0.4 is 15.4 Å². The van der Waals surface area contributed by atoms with Crippen molar-refractivity contribution in [3.63, 3.8) is 0 Å². The second kappa shape index (κ2) is 7.69. The molecule has 1 aromatic heterocycles. The van der Waals surface area contributed by atoms with Crippen LogP contribution in [-0.2, 0) is 16.0 Å². The van der Waals surface area contributed by atoms with Crippen LogP contribution in [0.3, 0.4) is 0 Å². The van der Waals surface area contributed by atoms with Crippen LogP contribution in [0.15, 0.2) is 48.5 Å². The van der Waals surface area contributed by atoms with E-state index in [1.165, 1.54) is 6.92 Å². The summed E-state index contributed by atoms with van der Waals surface area (Å²) in [5, 5.41) is 5.42. The number of nitrogens with zero attached hydrogens (tertiary/aromatic N) is 1. The van der Waals surface area contributed by atoms with Gasteiger partial charge in [0.25, 0.3) is 0 Å². The number of hydrogen-bond donors (Lipinski definition) is 3. The zero-order chi connectivity index (χ0) is 18.5. The number of carbonyl (C=O) groups is 2. The van der Waals surface area contributed by atoms with E-state index < -0.39 is 6.04 Å². The maximum atomic E-state index is 12.7. The van der Waals surface area contributed by atoms with Crippen molar-refractivity contribution in [2.45, 2.75) is 19.4 Å². The van der Waals surface area contributed by atoms with Gasteiger partial charge in [0, 0.05) is 13.3 Å². The number of aromatic amines is 1. The lowest BCUT2D eigenvalue weighted by Gasteiger charge is -2.17. The topological polar surface area (TPSA) is 96.1 Å². The van der Waals surface area contributed by atoms with E-state index in [4.69, 9.17) is 4.74 Å². The third kappa shape index (κ3) is 4.18. The molecule has 0 spiro atoms. The van der Waals surface area contributed by atoms with Gasteiger partial charge in [-0.1, -0.05) is 24.3 Å². The summed E-state index contributed by atoms with van der Waals surface area (Å²) >= 11 is 0. The average Bonchev–Trinajstić information content (AvgIpc) is 3.03. The number of nitrogens with one attached hydrogen (secondary N) is 3. The molecule has 7 nitrogen and oxygen atoms in total. The van der Waals surface area contributed by atoms with Gasteiger partial charge in [0.05, 0.1) is 18.1 Å². The predicted octanol–water partition coefficient (Wildman–Crippen LogP) is 2.26. The Hall–Kier alpha value is -3.35. The van der Waals surface area contributed by atoms with E-state index in [0.717, 1.165) is 16.6 Å². The molecule has 3 rings (SSSR count). The van der Waals surface area contributed by atoms with Gasteiger partial charge in [0.1, 0.15) is 11.8 Å². The Bertz CT molecular complexity index is 902. The zero-order valence-corrected chi connectivity index (χ0v) is 14.6. The Morgan fingerprint density at radius 2 is 2.00 bits per heavy atom. The van der Waals surface area contributed by atoms with Crippen LogP contribution >= 0.6 is 0 Å². The molecule has 7 heteroatoms. The number of amides is 2. The first-order chi connectivity index (χ1) is 12.5. The molecule has 26 heavy (non-hydrogen) atoms. The van der Waals surface area contributed by atoms with Crippen molar-refractivity contribution < 1.29 is 14.3 Å². The van der Waals surface area contributed by atoms with Gasteiger partial charge in [-0.25, -0.2) is 4.98 Å². The fraction of sp³-hybridized carbons (Fsp3) is 0.211. The van der Waals surface area contributed by atoms with E-state index in [1.54, 1.807) is 7.11 Å². The number of hydrogen-bond acceptors (Lipinski definition) is 4. The lowest BCUT2D eigenvalue weighted by molar-refractivity contribution is -0.125. The minimum Gasteiger partial charge on any atom is -0.497 e. The third-order valence-corrected chi connectivity index (χ3v) is 3.90. The zero-order valence-electron chi connectivity index (χ0n) is 14.6. The minimum atomic E-state index is -0.729. The molecule has 3 N–H and O–H groups in total. The number of fused-ring (bicyclic) bond motifs is 1. The molecule has 0 saturated carbocycles. The highest BCUT2D eigenvalue weighted by molar-refractivity contribution is 5.97. The number of anilines is 1. The molecule has 0 unspecified atom stereocenters. The molecular formula is C19H20N4O3. The molecule has 1 atom stereocenters.